The topological polar surface area (TPSA) is 49.4 Å². The molecule has 0 spiro atoms. The molecule has 0 aromatic heterocycles. The molecule has 1 saturated heterocycles. The van der Waals surface area contributed by atoms with E-state index in [1.54, 1.807) is 16.7 Å². The molecular formula is C21H23FN2O2S. The lowest BCUT2D eigenvalue weighted by molar-refractivity contribution is -0.126. The fraction of sp³-hybridized carbons (Fsp3) is 0.333. The molecular weight excluding hydrogens is 363 g/mol. The van der Waals surface area contributed by atoms with Gasteiger partial charge in [0.25, 0.3) is 5.91 Å². The van der Waals surface area contributed by atoms with Gasteiger partial charge in [-0.25, -0.2) is 4.39 Å². The Balaban J connectivity index is 1.38. The fourth-order valence-electron chi connectivity index (χ4n) is 3.12. The lowest BCUT2D eigenvalue weighted by Crippen LogP contribution is -2.43. The van der Waals surface area contributed by atoms with Gasteiger partial charge < -0.3 is 10.2 Å². The van der Waals surface area contributed by atoms with Gasteiger partial charge in [-0.2, -0.15) is 0 Å². The number of carbonyl (C=O) groups excluding carboxylic acids is 2. The first-order chi connectivity index (χ1) is 13.1. The third-order valence-electron chi connectivity index (χ3n) is 4.66. The molecule has 2 aromatic rings. The minimum atomic E-state index is -0.354. The van der Waals surface area contributed by atoms with Crippen molar-refractivity contribution in [1.29, 1.82) is 0 Å². The van der Waals surface area contributed by atoms with Crippen molar-refractivity contribution in [2.24, 2.45) is 5.92 Å². The van der Waals surface area contributed by atoms with Gasteiger partial charge in [-0.1, -0.05) is 18.2 Å². The number of hydrogen-bond donors (Lipinski definition) is 1. The quantitative estimate of drug-likeness (QED) is 0.610. The summed E-state index contributed by atoms with van der Waals surface area (Å²) in [4.78, 5) is 27.7. The van der Waals surface area contributed by atoms with Crippen LogP contribution in [0.25, 0.3) is 0 Å². The number of thioether (sulfide) groups is 1. The van der Waals surface area contributed by atoms with E-state index >= 15 is 0 Å². The highest BCUT2D eigenvalue weighted by Crippen LogP contribution is 2.20. The summed E-state index contributed by atoms with van der Waals surface area (Å²) in [5, 5.41) is 3.00. The number of likely N-dealkylation sites (tertiary alicyclic amines) is 1. The zero-order valence-corrected chi connectivity index (χ0v) is 15.9. The Labute approximate surface area is 163 Å². The highest BCUT2D eigenvalue weighted by atomic mass is 32.2. The van der Waals surface area contributed by atoms with Crippen LogP contribution in [0.5, 0.6) is 0 Å². The molecule has 1 N–H and O–H groups in total. The van der Waals surface area contributed by atoms with Gasteiger partial charge in [-0.15, -0.1) is 11.8 Å². The summed E-state index contributed by atoms with van der Waals surface area (Å²) in [5.74, 6) is 0.388. The highest BCUT2D eigenvalue weighted by molar-refractivity contribution is 7.99. The maximum atomic E-state index is 13.0. The van der Waals surface area contributed by atoms with Crippen LogP contribution in [0.1, 0.15) is 23.2 Å². The van der Waals surface area contributed by atoms with Crippen molar-refractivity contribution < 1.29 is 14.0 Å². The Morgan fingerprint density at radius 1 is 1.04 bits per heavy atom. The Morgan fingerprint density at radius 2 is 1.70 bits per heavy atom. The van der Waals surface area contributed by atoms with E-state index < -0.39 is 0 Å². The number of halogens is 1. The highest BCUT2D eigenvalue weighted by Gasteiger charge is 2.27. The third-order valence-corrected chi connectivity index (χ3v) is 5.67. The Morgan fingerprint density at radius 3 is 2.37 bits per heavy atom. The number of carbonyl (C=O) groups is 2. The van der Waals surface area contributed by atoms with Gasteiger partial charge >= 0.3 is 0 Å². The van der Waals surface area contributed by atoms with Gasteiger partial charge in [0.05, 0.1) is 0 Å². The molecule has 0 saturated carbocycles. The number of benzene rings is 2. The molecule has 6 heteroatoms. The van der Waals surface area contributed by atoms with E-state index in [1.165, 1.54) is 29.2 Å². The summed E-state index contributed by atoms with van der Waals surface area (Å²) in [6, 6.07) is 15.7. The predicted molar refractivity (Wildman–Crippen MR) is 105 cm³/mol. The molecule has 2 amide bonds. The number of piperidine rings is 1. The summed E-state index contributed by atoms with van der Waals surface area (Å²) < 4.78 is 13.0. The largest absolute Gasteiger partial charge is 0.355 e. The summed E-state index contributed by atoms with van der Waals surface area (Å²) in [7, 11) is 0. The molecule has 1 aliphatic heterocycles. The third kappa shape index (κ3) is 5.57. The molecule has 0 unspecified atom stereocenters. The minimum absolute atomic E-state index is 0.0519. The molecule has 1 aliphatic rings. The number of hydrogen-bond acceptors (Lipinski definition) is 3. The summed E-state index contributed by atoms with van der Waals surface area (Å²) in [6.45, 7) is 1.73. The second-order valence-electron chi connectivity index (χ2n) is 6.53. The molecule has 0 radical (unpaired) electrons. The van der Waals surface area contributed by atoms with E-state index in [0.717, 1.165) is 5.75 Å². The second kappa shape index (κ2) is 9.55. The van der Waals surface area contributed by atoms with Crippen LogP contribution in [-0.2, 0) is 4.79 Å². The van der Waals surface area contributed by atoms with Crippen LogP contribution in [0.2, 0.25) is 0 Å². The van der Waals surface area contributed by atoms with Crippen molar-refractivity contribution in [3.05, 3.63) is 66.0 Å². The van der Waals surface area contributed by atoms with Gasteiger partial charge in [0.15, 0.2) is 0 Å². The van der Waals surface area contributed by atoms with Crippen LogP contribution in [-0.4, -0.2) is 42.1 Å². The number of rotatable bonds is 6. The summed E-state index contributed by atoms with van der Waals surface area (Å²) in [5.41, 5.74) is 0.484. The van der Waals surface area contributed by atoms with Gasteiger partial charge in [0.2, 0.25) is 5.91 Å². The summed E-state index contributed by atoms with van der Waals surface area (Å²) >= 11 is 1.72. The van der Waals surface area contributed by atoms with Crippen LogP contribution in [0.15, 0.2) is 59.5 Å². The number of amides is 2. The molecule has 4 nitrogen and oxygen atoms in total. The van der Waals surface area contributed by atoms with E-state index in [4.69, 9.17) is 0 Å². The Hall–Kier alpha value is -2.34. The maximum Gasteiger partial charge on any atom is 0.253 e. The SMILES string of the molecule is O=C(NCCSc1ccccc1)C1CCN(C(=O)c2ccc(F)cc2)CC1. The molecule has 3 rings (SSSR count). The lowest BCUT2D eigenvalue weighted by Gasteiger charge is -2.31. The molecule has 1 fully saturated rings. The van der Waals surface area contributed by atoms with Gasteiger partial charge in [0, 0.05) is 41.8 Å². The molecule has 27 heavy (non-hydrogen) atoms. The summed E-state index contributed by atoms with van der Waals surface area (Å²) in [6.07, 6.45) is 1.31. The van der Waals surface area contributed by atoms with Gasteiger partial charge in [-0.05, 0) is 49.2 Å². The molecule has 0 bridgehead atoms. The van der Waals surface area contributed by atoms with Crippen molar-refractivity contribution in [3.63, 3.8) is 0 Å². The van der Waals surface area contributed by atoms with E-state index in [0.29, 0.717) is 38.0 Å². The van der Waals surface area contributed by atoms with Crippen LogP contribution in [0.3, 0.4) is 0 Å². The van der Waals surface area contributed by atoms with E-state index in [-0.39, 0.29) is 23.5 Å². The van der Waals surface area contributed by atoms with Crippen molar-refractivity contribution in [3.8, 4) is 0 Å². The number of nitrogens with zero attached hydrogens (tertiary/aromatic N) is 1. The zero-order chi connectivity index (χ0) is 19.1. The molecule has 2 aromatic carbocycles. The first-order valence-electron chi connectivity index (χ1n) is 9.14. The normalized spacial score (nSPS) is 14.8. The van der Waals surface area contributed by atoms with Gasteiger partial charge in [0.1, 0.15) is 5.82 Å². The zero-order valence-electron chi connectivity index (χ0n) is 15.1. The van der Waals surface area contributed by atoms with Crippen molar-refractivity contribution in [2.45, 2.75) is 17.7 Å². The Bertz CT molecular complexity index is 760. The van der Waals surface area contributed by atoms with Crippen LogP contribution >= 0.6 is 11.8 Å². The van der Waals surface area contributed by atoms with Crippen LogP contribution in [0, 0.1) is 11.7 Å². The molecule has 0 atom stereocenters. The van der Waals surface area contributed by atoms with Crippen LogP contribution < -0.4 is 5.32 Å². The minimum Gasteiger partial charge on any atom is -0.355 e. The van der Waals surface area contributed by atoms with E-state index in [9.17, 15) is 14.0 Å². The van der Waals surface area contributed by atoms with Gasteiger partial charge in [-0.3, -0.25) is 9.59 Å². The van der Waals surface area contributed by atoms with Crippen molar-refractivity contribution in [1.82, 2.24) is 10.2 Å². The fourth-order valence-corrected chi connectivity index (χ4v) is 3.91. The Kier molecular flexibility index (Phi) is 6.87. The monoisotopic (exact) mass is 386 g/mol. The second-order valence-corrected chi connectivity index (χ2v) is 7.69. The average Bonchev–Trinajstić information content (AvgIpc) is 2.72. The first kappa shape index (κ1) is 19.4. The van der Waals surface area contributed by atoms with E-state index in [1.807, 2.05) is 18.2 Å². The first-order valence-corrected chi connectivity index (χ1v) is 10.1. The van der Waals surface area contributed by atoms with E-state index in [2.05, 4.69) is 17.4 Å². The average molecular weight is 386 g/mol. The van der Waals surface area contributed by atoms with Crippen molar-refractivity contribution in [2.75, 3.05) is 25.4 Å². The maximum absolute atomic E-state index is 13.0. The molecule has 142 valence electrons. The standard InChI is InChI=1S/C21H23FN2O2S/c22-18-8-6-17(7-9-18)21(26)24-13-10-16(11-14-24)20(25)23-12-15-27-19-4-2-1-3-5-19/h1-9,16H,10-15H2,(H,23,25). The lowest BCUT2D eigenvalue weighted by atomic mass is 9.95. The van der Waals surface area contributed by atoms with Crippen molar-refractivity contribution >= 4 is 23.6 Å². The molecule has 0 aliphatic carbocycles. The predicted octanol–water partition coefficient (Wildman–Crippen LogP) is 3.59. The molecule has 1 heterocycles. The smallest absolute Gasteiger partial charge is 0.253 e. The number of nitrogens with one attached hydrogen (secondary N) is 1. The van der Waals surface area contributed by atoms with Crippen LogP contribution in [0.4, 0.5) is 4.39 Å².